The molecule has 0 radical (unpaired) electrons. The Morgan fingerprint density at radius 3 is 2.94 bits per heavy atom. The molecule has 0 aliphatic heterocycles. The molecule has 4 heteroatoms. The first-order valence-electron chi connectivity index (χ1n) is 5.27. The van der Waals surface area contributed by atoms with Crippen LogP contribution in [0.3, 0.4) is 0 Å². The van der Waals surface area contributed by atoms with Crippen LogP contribution in [0.5, 0.6) is 0 Å². The predicted molar refractivity (Wildman–Crippen MR) is 71.9 cm³/mol. The molecule has 1 N–H and O–H groups in total. The molecule has 0 spiro atoms. The average molecular weight is 307 g/mol. The summed E-state index contributed by atoms with van der Waals surface area (Å²) in [5, 5.41) is 4.15. The minimum Gasteiger partial charge on any atom is -0.384 e. The Balaban J connectivity index is 2.39. The molecule has 2 nitrogen and oxygen atoms in total. The highest BCUT2D eigenvalue weighted by Gasteiger charge is 2.03. The smallest absolute Gasteiger partial charge is 0.0499 e. The maximum atomic E-state index is 5.94. The summed E-state index contributed by atoms with van der Waals surface area (Å²) < 4.78 is 6.17. The predicted octanol–water partition coefficient (Wildman–Crippen LogP) is 3.47. The topological polar surface area (TPSA) is 21.3 Å². The number of hydrogen-bond donors (Lipinski definition) is 1. The van der Waals surface area contributed by atoms with E-state index in [1.807, 2.05) is 18.2 Å². The van der Waals surface area contributed by atoms with Gasteiger partial charge in [0.1, 0.15) is 0 Å². The zero-order valence-corrected chi connectivity index (χ0v) is 11.9. The van der Waals surface area contributed by atoms with Crippen LogP contribution in [-0.2, 0) is 11.3 Å². The van der Waals surface area contributed by atoms with Crippen LogP contribution in [0.1, 0.15) is 12.5 Å². The zero-order chi connectivity index (χ0) is 12.0. The van der Waals surface area contributed by atoms with E-state index in [4.69, 9.17) is 16.3 Å². The third kappa shape index (κ3) is 4.83. The van der Waals surface area contributed by atoms with Crippen molar-refractivity contribution in [2.45, 2.75) is 13.5 Å². The molecule has 1 rings (SSSR count). The summed E-state index contributed by atoms with van der Waals surface area (Å²) in [6, 6.07) is 5.82. The minimum atomic E-state index is 0.517. The number of ether oxygens (including phenoxy) is 1. The quantitative estimate of drug-likeness (QED) is 0.869. The second-order valence-corrected chi connectivity index (χ2v) is 5.22. The monoisotopic (exact) mass is 305 g/mol. The molecule has 0 saturated heterocycles. The van der Waals surface area contributed by atoms with Crippen molar-refractivity contribution in [3.8, 4) is 0 Å². The Morgan fingerprint density at radius 1 is 1.50 bits per heavy atom. The molecule has 1 aromatic carbocycles. The molecule has 0 fully saturated rings. The fourth-order valence-corrected chi connectivity index (χ4v) is 2.06. The highest BCUT2D eigenvalue weighted by Crippen LogP contribution is 2.20. The Bertz CT molecular complexity index is 333. The lowest BCUT2D eigenvalue weighted by molar-refractivity contribution is 0.158. The number of benzene rings is 1. The van der Waals surface area contributed by atoms with Gasteiger partial charge in [0.2, 0.25) is 0 Å². The molecule has 0 heterocycles. The molecular formula is C12H17BrClNO. The summed E-state index contributed by atoms with van der Waals surface area (Å²) in [7, 11) is 1.73. The van der Waals surface area contributed by atoms with Crippen molar-refractivity contribution in [3.63, 3.8) is 0 Å². The maximum Gasteiger partial charge on any atom is 0.0499 e. The van der Waals surface area contributed by atoms with Crippen LogP contribution < -0.4 is 5.32 Å². The van der Waals surface area contributed by atoms with Gasteiger partial charge in [-0.2, -0.15) is 0 Å². The van der Waals surface area contributed by atoms with Gasteiger partial charge >= 0.3 is 0 Å². The van der Waals surface area contributed by atoms with Crippen molar-refractivity contribution >= 4 is 27.5 Å². The Kier molecular flexibility index (Phi) is 6.36. The van der Waals surface area contributed by atoms with Crippen molar-refractivity contribution in [1.82, 2.24) is 5.32 Å². The third-order valence-corrected chi connectivity index (χ3v) is 3.28. The van der Waals surface area contributed by atoms with Gasteiger partial charge in [0, 0.05) is 36.3 Å². The molecule has 1 atom stereocenters. The van der Waals surface area contributed by atoms with Crippen LogP contribution in [-0.4, -0.2) is 20.3 Å². The molecule has 0 aliphatic carbocycles. The first-order chi connectivity index (χ1) is 7.63. The second kappa shape index (κ2) is 7.28. The molecule has 1 unspecified atom stereocenters. The average Bonchev–Trinajstić information content (AvgIpc) is 2.23. The highest BCUT2D eigenvalue weighted by molar-refractivity contribution is 9.10. The van der Waals surface area contributed by atoms with Gasteiger partial charge in [0.15, 0.2) is 0 Å². The van der Waals surface area contributed by atoms with Crippen LogP contribution in [0.25, 0.3) is 0 Å². The van der Waals surface area contributed by atoms with E-state index >= 15 is 0 Å². The summed E-state index contributed by atoms with van der Waals surface area (Å²) in [6.07, 6.45) is 0. The molecule has 16 heavy (non-hydrogen) atoms. The number of halogens is 2. The summed E-state index contributed by atoms with van der Waals surface area (Å²) >= 11 is 9.44. The standard InChI is InChI=1S/C12H17BrClNO/c1-9(8-16-2)6-15-7-10-5-11(14)3-4-12(10)13/h3-5,9,15H,6-8H2,1-2H3. The van der Waals surface area contributed by atoms with E-state index in [0.29, 0.717) is 5.92 Å². The van der Waals surface area contributed by atoms with Gasteiger partial charge in [-0.05, 0) is 29.7 Å². The van der Waals surface area contributed by atoms with E-state index < -0.39 is 0 Å². The van der Waals surface area contributed by atoms with Gasteiger partial charge in [0.25, 0.3) is 0 Å². The van der Waals surface area contributed by atoms with Gasteiger partial charge in [-0.3, -0.25) is 0 Å². The largest absolute Gasteiger partial charge is 0.384 e. The van der Waals surface area contributed by atoms with Crippen molar-refractivity contribution in [1.29, 1.82) is 0 Å². The minimum absolute atomic E-state index is 0.517. The first-order valence-corrected chi connectivity index (χ1v) is 6.44. The Labute approximate surface area is 110 Å². The van der Waals surface area contributed by atoms with Crippen molar-refractivity contribution in [2.24, 2.45) is 5.92 Å². The molecule has 0 bridgehead atoms. The molecule has 0 amide bonds. The third-order valence-electron chi connectivity index (χ3n) is 2.27. The lowest BCUT2D eigenvalue weighted by Crippen LogP contribution is -2.23. The normalized spacial score (nSPS) is 12.8. The Morgan fingerprint density at radius 2 is 2.25 bits per heavy atom. The summed E-state index contributed by atoms with van der Waals surface area (Å²) in [5.74, 6) is 0.517. The first kappa shape index (κ1) is 14.0. The van der Waals surface area contributed by atoms with Crippen LogP contribution in [0.15, 0.2) is 22.7 Å². The van der Waals surface area contributed by atoms with Crippen LogP contribution in [0, 0.1) is 5.92 Å². The number of methoxy groups -OCH3 is 1. The second-order valence-electron chi connectivity index (χ2n) is 3.93. The van der Waals surface area contributed by atoms with Crippen LogP contribution in [0.4, 0.5) is 0 Å². The van der Waals surface area contributed by atoms with Crippen LogP contribution in [0.2, 0.25) is 5.02 Å². The number of nitrogens with one attached hydrogen (secondary N) is 1. The lowest BCUT2D eigenvalue weighted by Gasteiger charge is -2.12. The van der Waals surface area contributed by atoms with Gasteiger partial charge in [-0.15, -0.1) is 0 Å². The molecule has 1 aromatic rings. The molecule has 90 valence electrons. The van der Waals surface area contributed by atoms with Gasteiger partial charge in [0.05, 0.1) is 0 Å². The van der Waals surface area contributed by atoms with Gasteiger partial charge in [-0.1, -0.05) is 34.5 Å². The Hall–Kier alpha value is -0.0900. The fourth-order valence-electron chi connectivity index (χ4n) is 1.48. The molecule has 0 aliphatic rings. The SMILES string of the molecule is COCC(C)CNCc1cc(Cl)ccc1Br. The maximum absolute atomic E-state index is 5.94. The van der Waals surface area contributed by atoms with Gasteiger partial charge < -0.3 is 10.1 Å². The summed E-state index contributed by atoms with van der Waals surface area (Å²) in [5.41, 5.74) is 1.18. The summed E-state index contributed by atoms with van der Waals surface area (Å²) in [6.45, 7) is 4.69. The van der Waals surface area contributed by atoms with E-state index in [-0.39, 0.29) is 0 Å². The van der Waals surface area contributed by atoms with E-state index in [1.54, 1.807) is 7.11 Å². The van der Waals surface area contributed by atoms with Crippen LogP contribution >= 0.6 is 27.5 Å². The van der Waals surface area contributed by atoms with Gasteiger partial charge in [-0.25, -0.2) is 0 Å². The van der Waals surface area contributed by atoms with E-state index in [0.717, 1.165) is 29.2 Å². The summed E-state index contributed by atoms with van der Waals surface area (Å²) in [4.78, 5) is 0. The number of hydrogen-bond acceptors (Lipinski definition) is 2. The van der Waals surface area contributed by atoms with E-state index in [9.17, 15) is 0 Å². The van der Waals surface area contributed by atoms with Crippen molar-refractivity contribution in [2.75, 3.05) is 20.3 Å². The van der Waals surface area contributed by atoms with E-state index in [2.05, 4.69) is 28.2 Å². The molecule has 0 saturated carbocycles. The highest BCUT2D eigenvalue weighted by atomic mass is 79.9. The molecular weight excluding hydrogens is 289 g/mol. The van der Waals surface area contributed by atoms with E-state index in [1.165, 1.54) is 5.56 Å². The zero-order valence-electron chi connectivity index (χ0n) is 9.59. The van der Waals surface area contributed by atoms with Crippen molar-refractivity contribution in [3.05, 3.63) is 33.3 Å². The van der Waals surface area contributed by atoms with Crippen molar-refractivity contribution < 1.29 is 4.74 Å². The molecule has 0 aromatic heterocycles. The fraction of sp³-hybridized carbons (Fsp3) is 0.500. The number of rotatable bonds is 6. The lowest BCUT2D eigenvalue weighted by atomic mass is 10.2.